The number of phosphoric acid groups is 1. The Labute approximate surface area is 233 Å². The first kappa shape index (κ1) is 27.3. The number of phosphoric ester groups is 1. The van der Waals surface area contributed by atoms with Crippen LogP contribution >= 0.6 is 7.82 Å². The third kappa shape index (κ3) is 3.75. The average molecular weight is 608 g/mol. The number of nitrogens with two attached hydrogens (primary N) is 2. The lowest BCUT2D eigenvalue weighted by Gasteiger charge is -2.30. The number of aromatic nitrogens is 8. The second-order valence-corrected chi connectivity index (χ2v) is 11.7. The molecule has 7 rings (SSSR count). The number of rotatable bonds is 7. The van der Waals surface area contributed by atoms with Crippen molar-refractivity contribution >= 4 is 41.9 Å². The molecule has 0 aromatic carbocycles. The van der Waals surface area contributed by atoms with Crippen molar-refractivity contribution in [1.29, 1.82) is 0 Å². The van der Waals surface area contributed by atoms with Crippen molar-refractivity contribution in [2.24, 2.45) is 0 Å². The van der Waals surface area contributed by atoms with E-state index in [1.807, 2.05) is 0 Å². The Morgan fingerprint density at radius 2 is 1.86 bits per heavy atom. The van der Waals surface area contributed by atoms with Crippen LogP contribution in [0.5, 0.6) is 0 Å². The van der Waals surface area contributed by atoms with Crippen LogP contribution in [0, 0.1) is 0 Å². The van der Waals surface area contributed by atoms with E-state index in [9.17, 15) is 29.6 Å². The van der Waals surface area contributed by atoms with E-state index < -0.39 is 68.1 Å². The summed E-state index contributed by atoms with van der Waals surface area (Å²) in [6.45, 7) is 0.840. The molecule has 42 heavy (non-hydrogen) atoms. The summed E-state index contributed by atoms with van der Waals surface area (Å²) in [5.41, 5.74) is 7.34. The van der Waals surface area contributed by atoms with E-state index in [0.29, 0.717) is 0 Å². The van der Waals surface area contributed by atoms with Crippen molar-refractivity contribution in [1.82, 2.24) is 39.0 Å². The van der Waals surface area contributed by atoms with E-state index in [-0.39, 0.29) is 40.5 Å². The molecule has 3 fully saturated rings. The number of nitrogens with zero attached hydrogens (tertiary/aromatic N) is 7. The maximum Gasteiger partial charge on any atom is 0.473 e. The number of aliphatic hydroxyl groups is 3. The van der Waals surface area contributed by atoms with E-state index >= 15 is 0 Å². The number of nitrogens with one attached hydrogen (secondary N) is 1. The summed E-state index contributed by atoms with van der Waals surface area (Å²) in [6, 6.07) is 0. The van der Waals surface area contributed by atoms with Gasteiger partial charge in [0.1, 0.15) is 35.8 Å². The molecule has 20 nitrogen and oxygen atoms in total. The van der Waals surface area contributed by atoms with Gasteiger partial charge in [-0.2, -0.15) is 4.98 Å². The van der Waals surface area contributed by atoms with E-state index in [2.05, 4.69) is 29.9 Å². The second kappa shape index (κ2) is 8.96. The maximum atomic E-state index is 13.3. The lowest BCUT2D eigenvalue weighted by atomic mass is 10.1. The summed E-state index contributed by atoms with van der Waals surface area (Å²) in [5.74, 6) is -0.0912. The minimum absolute atomic E-state index is 0.0155. The first-order chi connectivity index (χ1) is 19.9. The standard InChI is InChI=1S/C21H25N10O10P/c1-20(18-21(20,35)11(33)17(39-18)30-5-26-9-12(22)24-4-25-13(9)30)41-42(36,37)40-8-2-7(3-32)38-16(8)31-6-27-10-14(31)28-19(23)29-15(10)34/h4-8,11,16-18,32-33,35H,2-3H2,1H3,(H,36,37)(H2,22,24,25)(H3,23,28,29,34)/t7-,8+,11-,16+,17+,18+,20+,21-/m0/s1. The van der Waals surface area contributed by atoms with Crippen molar-refractivity contribution in [3.63, 3.8) is 0 Å². The number of anilines is 2. The zero-order valence-electron chi connectivity index (χ0n) is 21.6. The largest absolute Gasteiger partial charge is 0.473 e. The van der Waals surface area contributed by atoms with E-state index in [0.717, 1.165) is 0 Å². The van der Waals surface area contributed by atoms with E-state index in [1.165, 1.54) is 35.0 Å². The summed E-state index contributed by atoms with van der Waals surface area (Å²) in [6.07, 6.45) is -3.59. The molecule has 4 aromatic heterocycles. The van der Waals surface area contributed by atoms with Gasteiger partial charge in [-0.05, 0) is 6.92 Å². The van der Waals surface area contributed by atoms with Gasteiger partial charge in [-0.25, -0.2) is 24.5 Å². The molecule has 21 heteroatoms. The van der Waals surface area contributed by atoms with Gasteiger partial charge in [0.2, 0.25) is 5.95 Å². The molecule has 2 aliphatic heterocycles. The summed E-state index contributed by atoms with van der Waals surface area (Å²) >= 11 is 0. The van der Waals surface area contributed by atoms with Crippen LogP contribution in [-0.4, -0.2) is 101 Å². The van der Waals surface area contributed by atoms with Crippen molar-refractivity contribution < 1.29 is 43.3 Å². The molecule has 4 aromatic rings. The van der Waals surface area contributed by atoms with Crippen LogP contribution in [0.15, 0.2) is 23.8 Å². The fourth-order valence-corrected chi connectivity index (χ4v) is 7.10. The summed E-state index contributed by atoms with van der Waals surface area (Å²) in [4.78, 5) is 45.5. The quantitative estimate of drug-likeness (QED) is 0.108. The van der Waals surface area contributed by atoms with Crippen LogP contribution in [0.4, 0.5) is 11.8 Å². The molecule has 0 amide bonds. The Bertz CT molecular complexity index is 1830. The zero-order valence-corrected chi connectivity index (χ0v) is 22.5. The summed E-state index contributed by atoms with van der Waals surface area (Å²) in [5, 5.41) is 32.1. The Balaban J connectivity index is 1.12. The first-order valence-electron chi connectivity index (χ1n) is 12.6. The maximum absolute atomic E-state index is 13.3. The van der Waals surface area contributed by atoms with Gasteiger partial charge in [0, 0.05) is 6.42 Å². The van der Waals surface area contributed by atoms with Crippen LogP contribution in [0.3, 0.4) is 0 Å². The second-order valence-electron chi connectivity index (χ2n) is 10.4. The van der Waals surface area contributed by atoms with Gasteiger partial charge in [-0.3, -0.25) is 28.0 Å². The van der Waals surface area contributed by atoms with Gasteiger partial charge in [0.05, 0.1) is 25.4 Å². The van der Waals surface area contributed by atoms with Crippen molar-refractivity contribution in [3.05, 3.63) is 29.3 Å². The molecule has 1 aliphatic carbocycles. The number of ether oxygens (including phenoxy) is 2. The van der Waals surface area contributed by atoms with Gasteiger partial charge in [0.25, 0.3) is 5.56 Å². The third-order valence-corrected chi connectivity index (χ3v) is 9.06. The normalized spacial score (nSPS) is 35.5. The number of nitrogen functional groups attached to an aromatic ring is 2. The van der Waals surface area contributed by atoms with Gasteiger partial charge in [-0.1, -0.05) is 0 Å². The molecule has 0 radical (unpaired) electrons. The lowest BCUT2D eigenvalue weighted by Crippen LogP contribution is -2.42. The average Bonchev–Trinajstić information content (AvgIpc) is 3.54. The van der Waals surface area contributed by atoms with Crippen LogP contribution in [0.2, 0.25) is 0 Å². The molecular formula is C21H25N10O10P. The fourth-order valence-electron chi connectivity index (χ4n) is 5.80. The highest BCUT2D eigenvalue weighted by Crippen LogP contribution is 2.68. The Morgan fingerprint density at radius 3 is 2.55 bits per heavy atom. The van der Waals surface area contributed by atoms with Crippen molar-refractivity contribution in [3.8, 4) is 0 Å². The van der Waals surface area contributed by atoms with Gasteiger partial charge in [0.15, 0.2) is 40.7 Å². The number of hydrogen-bond acceptors (Lipinski definition) is 16. The number of hydrogen-bond donors (Lipinski definition) is 7. The smallest absolute Gasteiger partial charge is 0.394 e. The summed E-state index contributed by atoms with van der Waals surface area (Å²) < 4.78 is 38.5. The Kier molecular flexibility index (Phi) is 5.81. The minimum Gasteiger partial charge on any atom is -0.394 e. The summed E-state index contributed by atoms with van der Waals surface area (Å²) in [7, 11) is -5.02. The highest BCUT2D eigenvalue weighted by atomic mass is 31.2. The number of H-pyrrole nitrogens is 1. The van der Waals surface area contributed by atoms with Gasteiger partial charge in [-0.15, -0.1) is 0 Å². The highest BCUT2D eigenvalue weighted by Gasteiger charge is 2.87. The number of aromatic amines is 1. The first-order valence-corrected chi connectivity index (χ1v) is 14.1. The molecule has 0 bridgehead atoms. The molecule has 1 unspecified atom stereocenters. The Morgan fingerprint density at radius 1 is 1.14 bits per heavy atom. The topological polar surface area (TPSA) is 294 Å². The van der Waals surface area contributed by atoms with Crippen LogP contribution in [0.25, 0.3) is 22.3 Å². The molecular weight excluding hydrogens is 583 g/mol. The minimum atomic E-state index is -5.02. The molecule has 6 heterocycles. The fraction of sp³-hybridized carbons (Fsp3) is 0.524. The van der Waals surface area contributed by atoms with Crippen molar-refractivity contribution in [2.75, 3.05) is 18.1 Å². The molecule has 9 atom stereocenters. The number of imidazole rings is 2. The van der Waals surface area contributed by atoms with Crippen LogP contribution in [0.1, 0.15) is 25.8 Å². The Hall–Kier alpha value is -3.59. The number of aliphatic hydroxyl groups excluding tert-OH is 2. The van der Waals surface area contributed by atoms with E-state index in [4.69, 9.17) is 30.0 Å². The molecule has 3 aliphatic rings. The SMILES string of the molecule is C[C@@]1(OP(=O)(O)O[C@@H]2C[C@@H](CO)O[C@H]2n2cnc3c(=O)[nH]c(N)nc32)[C@H]2O[C@@H](n3cnc4c(N)ncnc43)[C@H](O)[C@]21O. The van der Waals surface area contributed by atoms with Crippen molar-refractivity contribution in [2.45, 2.75) is 61.4 Å². The van der Waals surface area contributed by atoms with Crippen LogP contribution < -0.4 is 17.0 Å². The van der Waals surface area contributed by atoms with Gasteiger partial charge < -0.3 is 41.2 Å². The molecule has 9 N–H and O–H groups in total. The van der Waals surface area contributed by atoms with Gasteiger partial charge >= 0.3 is 7.82 Å². The van der Waals surface area contributed by atoms with Crippen LogP contribution in [-0.2, 0) is 23.1 Å². The van der Waals surface area contributed by atoms with E-state index in [1.54, 1.807) is 0 Å². The molecule has 1 saturated carbocycles. The lowest BCUT2D eigenvalue weighted by molar-refractivity contribution is -0.123. The third-order valence-electron chi connectivity index (χ3n) is 7.92. The zero-order chi connectivity index (χ0) is 29.8. The predicted octanol–water partition coefficient (Wildman–Crippen LogP) is -2.33. The monoisotopic (exact) mass is 608 g/mol. The molecule has 224 valence electrons. The predicted molar refractivity (Wildman–Crippen MR) is 137 cm³/mol. The molecule has 0 spiro atoms. The number of fused-ring (bicyclic) bond motifs is 3. The highest BCUT2D eigenvalue weighted by molar-refractivity contribution is 7.47. The molecule has 2 saturated heterocycles.